The maximum absolute atomic E-state index is 14.7. The molecule has 0 aliphatic heterocycles. The van der Waals surface area contributed by atoms with Crippen LogP contribution in [-0.2, 0) is 22.6 Å². The summed E-state index contributed by atoms with van der Waals surface area (Å²) in [6.07, 6.45) is 0. The number of hydrogen-bond acceptors (Lipinski definition) is 5. The third-order valence-corrected chi connectivity index (χ3v) is 12.3. The number of rotatable bonds is 13. The molecule has 0 spiro atoms. The zero-order chi connectivity index (χ0) is 45.7. The fraction of sp³-hybridized carbons (Fsp3) is 0.0714. The van der Waals surface area contributed by atoms with Crippen LogP contribution in [0.15, 0.2) is 194 Å². The summed E-state index contributed by atoms with van der Waals surface area (Å²) in [5, 5.41) is 1.68. The molecule has 0 unspecified atom stereocenters. The number of halogens is 3. The zero-order valence-corrected chi connectivity index (χ0v) is 38.3. The van der Waals surface area contributed by atoms with Gasteiger partial charge in [0.1, 0.15) is 0 Å². The number of hydrogen-bond donors (Lipinski definition) is 0. The number of aromatic nitrogens is 2. The number of ether oxygens (including phenoxy) is 2. The van der Waals surface area contributed by atoms with E-state index in [-0.39, 0.29) is 13.1 Å². The molecule has 0 fully saturated rings. The van der Waals surface area contributed by atoms with Gasteiger partial charge in [-0.1, -0.05) is 156 Å². The summed E-state index contributed by atoms with van der Waals surface area (Å²) in [4.78, 5) is 31.5. The second-order valence-corrected chi connectivity index (χ2v) is 16.8. The fourth-order valence-corrected chi connectivity index (χ4v) is 9.08. The van der Waals surface area contributed by atoms with Crippen LogP contribution in [0.1, 0.15) is 32.1 Å². The van der Waals surface area contributed by atoms with Crippen molar-refractivity contribution in [1.29, 1.82) is 0 Å². The predicted octanol–water partition coefficient (Wildman–Crippen LogP) is 14.7. The van der Waals surface area contributed by atoms with E-state index in [4.69, 9.17) is 44.3 Å². The number of methoxy groups -OCH3 is 2. The Kier molecular flexibility index (Phi) is 12.9. The van der Waals surface area contributed by atoms with E-state index >= 15 is 0 Å². The quantitative estimate of drug-likeness (QED) is 0.108. The van der Waals surface area contributed by atoms with Gasteiger partial charge in [0, 0.05) is 43.3 Å². The van der Waals surface area contributed by atoms with Crippen molar-refractivity contribution in [1.82, 2.24) is 9.13 Å². The highest BCUT2D eigenvalue weighted by molar-refractivity contribution is 6.31. The normalized spacial score (nSPS) is 11.0. The Balaban J connectivity index is 1.39. The van der Waals surface area contributed by atoms with E-state index in [2.05, 4.69) is 14.0 Å². The van der Waals surface area contributed by atoms with Crippen LogP contribution < -0.4 is 4.90 Å². The minimum Gasteiger partial charge on any atom is -0.465 e. The Morgan fingerprint density at radius 3 is 1.05 bits per heavy atom. The molecule has 326 valence electrons. The van der Waals surface area contributed by atoms with Crippen LogP contribution in [-0.4, -0.2) is 35.3 Å². The highest BCUT2D eigenvalue weighted by Crippen LogP contribution is 2.45. The van der Waals surface area contributed by atoms with E-state index in [0.29, 0.717) is 48.7 Å². The Labute approximate surface area is 398 Å². The predicted molar refractivity (Wildman–Crippen MR) is 267 cm³/mol. The largest absolute Gasteiger partial charge is 0.465 e. The van der Waals surface area contributed by atoms with Gasteiger partial charge in [-0.25, -0.2) is 9.59 Å². The van der Waals surface area contributed by atoms with Crippen LogP contribution in [0.2, 0.25) is 15.1 Å². The third-order valence-electron chi connectivity index (χ3n) is 11.6. The van der Waals surface area contributed by atoms with Gasteiger partial charge >= 0.3 is 11.9 Å². The molecule has 7 nitrogen and oxygen atoms in total. The van der Waals surface area contributed by atoms with Crippen molar-refractivity contribution >= 4 is 52.4 Å². The number of carbonyl (C=O) groups excluding carboxylic acids is 2. The fourth-order valence-electron chi connectivity index (χ4n) is 8.70. The molecule has 9 rings (SSSR count). The Bertz CT molecular complexity index is 2940. The summed E-state index contributed by atoms with van der Waals surface area (Å²) in [5.41, 5.74) is 10.7. The summed E-state index contributed by atoms with van der Waals surface area (Å²) in [5.74, 6) is -1.02. The molecule has 2 aromatic heterocycles. The van der Waals surface area contributed by atoms with Crippen LogP contribution >= 0.6 is 34.8 Å². The van der Waals surface area contributed by atoms with Gasteiger partial charge in [0.25, 0.3) is 0 Å². The summed E-state index contributed by atoms with van der Waals surface area (Å²) in [7, 11) is 2.80. The highest BCUT2D eigenvalue weighted by atomic mass is 35.5. The average molecular weight is 927 g/mol. The number of anilines is 1. The number of carbonyl (C=O) groups is 2. The molecule has 7 aromatic carbocycles. The molecular weight excluding hydrogens is 885 g/mol. The Morgan fingerprint density at radius 1 is 0.424 bits per heavy atom. The molecule has 0 saturated carbocycles. The second kappa shape index (κ2) is 19.4. The lowest BCUT2D eigenvalue weighted by molar-refractivity contribution is 0.0591. The van der Waals surface area contributed by atoms with Crippen LogP contribution in [0.5, 0.6) is 0 Å². The van der Waals surface area contributed by atoms with Crippen molar-refractivity contribution in [2.24, 2.45) is 0 Å². The van der Waals surface area contributed by atoms with Crippen molar-refractivity contribution in [3.63, 3.8) is 0 Å². The molecule has 0 N–H and O–H groups in total. The molecule has 2 heterocycles. The van der Waals surface area contributed by atoms with Gasteiger partial charge in [0.15, 0.2) is 0 Å². The number of benzene rings is 7. The van der Waals surface area contributed by atoms with E-state index in [1.165, 1.54) is 14.2 Å². The lowest BCUT2D eigenvalue weighted by Crippen LogP contribution is -2.27. The van der Waals surface area contributed by atoms with Crippen molar-refractivity contribution < 1.29 is 19.1 Å². The summed E-state index contributed by atoms with van der Waals surface area (Å²) >= 11 is 19.7. The first-order valence-corrected chi connectivity index (χ1v) is 22.3. The van der Waals surface area contributed by atoms with Crippen molar-refractivity contribution in [3.8, 4) is 56.1 Å². The number of esters is 2. The Hall–Kier alpha value is -7.29. The second-order valence-electron chi connectivity index (χ2n) is 15.5. The maximum atomic E-state index is 14.7. The van der Waals surface area contributed by atoms with Gasteiger partial charge < -0.3 is 23.5 Å². The van der Waals surface area contributed by atoms with Crippen molar-refractivity contribution in [3.05, 3.63) is 232 Å². The van der Waals surface area contributed by atoms with Crippen molar-refractivity contribution in [2.45, 2.75) is 13.1 Å². The average Bonchev–Trinajstić information content (AvgIpc) is 3.88. The minimum absolute atomic E-state index is 0.134. The first kappa shape index (κ1) is 43.9. The standard InChI is InChI=1S/C56H42Cl3N3O4/c1-65-55(63)51-47(61(45-31-25-42(58)26-32-45)53(39-19-11-5-12-20-39)49(51)37-15-7-3-8-16-37)35-60(44-29-23-41(57)24-30-44)36-48-52(56(64)66-2)50(38-17-9-4-10-18-38)54(40-21-13-6-14-22-40)62(48)46-33-27-43(59)28-34-46/h3-34H,35-36H2,1-2H3. The molecule has 0 radical (unpaired) electrons. The van der Waals surface area contributed by atoms with E-state index < -0.39 is 11.9 Å². The molecule has 0 saturated heterocycles. The van der Waals surface area contributed by atoms with E-state index in [9.17, 15) is 9.59 Å². The van der Waals surface area contributed by atoms with Crippen LogP contribution in [0, 0.1) is 0 Å². The molecule has 0 amide bonds. The highest BCUT2D eigenvalue weighted by Gasteiger charge is 2.35. The summed E-state index contributed by atoms with van der Waals surface area (Å²) < 4.78 is 15.6. The van der Waals surface area contributed by atoms with E-state index in [1.54, 1.807) is 0 Å². The number of nitrogens with zero attached hydrogens (tertiary/aromatic N) is 3. The molecule has 66 heavy (non-hydrogen) atoms. The monoisotopic (exact) mass is 925 g/mol. The van der Waals surface area contributed by atoms with E-state index in [1.807, 2.05) is 194 Å². The van der Waals surface area contributed by atoms with Crippen LogP contribution in [0.25, 0.3) is 56.1 Å². The smallest absolute Gasteiger partial charge is 0.340 e. The van der Waals surface area contributed by atoms with Gasteiger partial charge in [-0.15, -0.1) is 0 Å². The molecule has 10 heteroatoms. The van der Waals surface area contributed by atoms with Gasteiger partial charge in [-0.05, 0) is 95.1 Å². The van der Waals surface area contributed by atoms with Crippen LogP contribution in [0.3, 0.4) is 0 Å². The summed E-state index contributed by atoms with van der Waals surface area (Å²) in [6, 6.07) is 62.4. The lowest BCUT2D eigenvalue weighted by Gasteiger charge is -2.28. The third kappa shape index (κ3) is 8.64. The zero-order valence-electron chi connectivity index (χ0n) is 36.0. The van der Waals surface area contributed by atoms with Crippen LogP contribution in [0.4, 0.5) is 5.69 Å². The topological polar surface area (TPSA) is 65.7 Å². The van der Waals surface area contributed by atoms with Gasteiger partial charge in [0.05, 0.1) is 61.2 Å². The first-order chi connectivity index (χ1) is 32.2. The molecule has 0 aliphatic carbocycles. The summed E-state index contributed by atoms with van der Waals surface area (Å²) in [6.45, 7) is 0.268. The van der Waals surface area contributed by atoms with Gasteiger partial charge in [0.2, 0.25) is 0 Å². The Morgan fingerprint density at radius 2 is 0.727 bits per heavy atom. The first-order valence-electron chi connectivity index (χ1n) is 21.2. The molecule has 0 atom stereocenters. The lowest BCUT2D eigenvalue weighted by atomic mass is 9.96. The van der Waals surface area contributed by atoms with E-state index in [0.717, 1.165) is 50.7 Å². The maximum Gasteiger partial charge on any atom is 0.340 e. The molecule has 9 aromatic rings. The SMILES string of the molecule is COC(=O)c1c(-c2ccccc2)c(-c2ccccc2)n(-c2ccc(Cl)cc2)c1CN(Cc1c(C(=O)OC)c(-c2ccccc2)c(-c2ccccc2)n1-c1ccc(Cl)cc1)c1ccc(Cl)cc1. The molecular formula is C56H42Cl3N3O4. The van der Waals surface area contributed by atoms with Crippen molar-refractivity contribution in [2.75, 3.05) is 19.1 Å². The van der Waals surface area contributed by atoms with Gasteiger partial charge in [-0.3, -0.25) is 0 Å². The van der Waals surface area contributed by atoms with Gasteiger partial charge in [-0.2, -0.15) is 0 Å². The molecule has 0 aliphatic rings. The minimum atomic E-state index is -0.512. The molecule has 0 bridgehead atoms.